The summed E-state index contributed by atoms with van der Waals surface area (Å²) in [5.74, 6) is -0.142. The largest absolute Gasteiger partial charge is 0.466 e. The summed E-state index contributed by atoms with van der Waals surface area (Å²) in [7, 11) is 0. The van der Waals surface area contributed by atoms with Gasteiger partial charge < -0.3 is 10.1 Å². The standard InChI is InChI=1S/C16H16N4O3S/c1-8-3-6-11-10(7-8)17-13(21)16(2,23-11)14(22)18-15-20-19-12(24-15)9-4-5-9/h3,6-7,9H,4-5H2,1-2H3,(H,17,21)(H,18,20,22). The number of benzene rings is 1. The number of amides is 2. The van der Waals surface area contributed by atoms with E-state index in [9.17, 15) is 9.59 Å². The summed E-state index contributed by atoms with van der Waals surface area (Å²) in [4.78, 5) is 25.0. The number of hydrogen-bond donors (Lipinski definition) is 2. The van der Waals surface area contributed by atoms with Crippen LogP contribution in [0.4, 0.5) is 10.8 Å². The Bertz CT molecular complexity index is 846. The molecule has 0 saturated heterocycles. The fourth-order valence-electron chi connectivity index (χ4n) is 2.48. The first-order valence-electron chi connectivity index (χ1n) is 7.72. The normalized spacial score (nSPS) is 22.3. The molecule has 1 aliphatic heterocycles. The maximum atomic E-state index is 12.6. The highest BCUT2D eigenvalue weighted by Gasteiger charge is 2.47. The maximum absolute atomic E-state index is 12.6. The molecule has 0 spiro atoms. The van der Waals surface area contributed by atoms with E-state index in [0.717, 1.165) is 23.4 Å². The second-order valence-electron chi connectivity index (χ2n) is 6.26. The third-order valence-electron chi connectivity index (χ3n) is 4.15. The lowest BCUT2D eigenvalue weighted by atomic mass is 10.0. The minimum Gasteiger partial charge on any atom is -0.466 e. The van der Waals surface area contributed by atoms with E-state index < -0.39 is 17.4 Å². The van der Waals surface area contributed by atoms with Gasteiger partial charge in [-0.25, -0.2) is 0 Å². The van der Waals surface area contributed by atoms with Crippen LogP contribution in [0, 0.1) is 6.92 Å². The average Bonchev–Trinajstić information content (AvgIpc) is 3.29. The van der Waals surface area contributed by atoms with Crippen molar-refractivity contribution in [3.05, 3.63) is 28.8 Å². The molecule has 124 valence electrons. The zero-order valence-electron chi connectivity index (χ0n) is 13.3. The molecule has 0 bridgehead atoms. The number of hydrogen-bond acceptors (Lipinski definition) is 6. The van der Waals surface area contributed by atoms with Crippen LogP contribution in [0.2, 0.25) is 0 Å². The zero-order chi connectivity index (χ0) is 16.9. The minimum absolute atomic E-state index is 0.384. The van der Waals surface area contributed by atoms with Crippen LogP contribution in [0.5, 0.6) is 5.75 Å². The third kappa shape index (κ3) is 2.52. The van der Waals surface area contributed by atoms with E-state index in [1.54, 1.807) is 12.1 Å². The summed E-state index contributed by atoms with van der Waals surface area (Å²) in [6.07, 6.45) is 2.23. The number of anilines is 2. The minimum atomic E-state index is -1.66. The van der Waals surface area contributed by atoms with Gasteiger partial charge in [-0.3, -0.25) is 14.9 Å². The molecule has 4 rings (SSSR count). The molecule has 8 heteroatoms. The molecule has 2 N–H and O–H groups in total. The van der Waals surface area contributed by atoms with Crippen LogP contribution in [-0.2, 0) is 9.59 Å². The smallest absolute Gasteiger partial charge is 0.280 e. The van der Waals surface area contributed by atoms with Crippen LogP contribution in [0.25, 0.3) is 0 Å². The quantitative estimate of drug-likeness (QED) is 0.834. The van der Waals surface area contributed by atoms with Crippen molar-refractivity contribution in [2.45, 2.75) is 38.2 Å². The number of fused-ring (bicyclic) bond motifs is 1. The summed E-state index contributed by atoms with van der Waals surface area (Å²) < 4.78 is 5.72. The van der Waals surface area contributed by atoms with Crippen LogP contribution in [0.15, 0.2) is 18.2 Å². The Hall–Kier alpha value is -2.48. The van der Waals surface area contributed by atoms with Crippen LogP contribution < -0.4 is 15.4 Å². The Labute approximate surface area is 142 Å². The molecular weight excluding hydrogens is 328 g/mol. The number of aryl methyl sites for hydroxylation is 1. The van der Waals surface area contributed by atoms with Gasteiger partial charge in [-0.2, -0.15) is 0 Å². The van der Waals surface area contributed by atoms with E-state index in [-0.39, 0.29) is 0 Å². The first-order chi connectivity index (χ1) is 11.5. The molecule has 24 heavy (non-hydrogen) atoms. The van der Waals surface area contributed by atoms with Crippen molar-refractivity contribution < 1.29 is 14.3 Å². The van der Waals surface area contributed by atoms with Gasteiger partial charge in [-0.1, -0.05) is 17.4 Å². The number of carbonyl (C=O) groups is 2. The number of nitrogens with zero attached hydrogens (tertiary/aromatic N) is 2. The van der Waals surface area contributed by atoms with E-state index in [4.69, 9.17) is 4.74 Å². The van der Waals surface area contributed by atoms with E-state index in [0.29, 0.717) is 22.5 Å². The first-order valence-corrected chi connectivity index (χ1v) is 8.53. The molecule has 2 aliphatic rings. The second kappa shape index (κ2) is 5.27. The van der Waals surface area contributed by atoms with E-state index >= 15 is 0 Å². The Morgan fingerprint density at radius 1 is 1.42 bits per heavy atom. The highest BCUT2D eigenvalue weighted by Crippen LogP contribution is 2.42. The highest BCUT2D eigenvalue weighted by atomic mass is 32.1. The summed E-state index contributed by atoms with van der Waals surface area (Å²) in [6, 6.07) is 5.41. The van der Waals surface area contributed by atoms with Crippen molar-refractivity contribution in [1.29, 1.82) is 0 Å². The molecule has 1 saturated carbocycles. The van der Waals surface area contributed by atoms with Crippen molar-refractivity contribution in [3.8, 4) is 5.75 Å². The lowest BCUT2D eigenvalue weighted by Crippen LogP contribution is -2.56. The molecule has 2 aromatic rings. The Morgan fingerprint density at radius 3 is 2.96 bits per heavy atom. The summed E-state index contributed by atoms with van der Waals surface area (Å²) in [5.41, 5.74) is -0.0994. The number of ether oxygens (including phenoxy) is 1. The maximum Gasteiger partial charge on any atom is 0.280 e. The van der Waals surface area contributed by atoms with Gasteiger partial charge in [0.05, 0.1) is 5.69 Å². The molecule has 0 radical (unpaired) electrons. The molecule has 1 atom stereocenters. The number of nitrogens with one attached hydrogen (secondary N) is 2. The molecule has 2 amide bonds. The lowest BCUT2D eigenvalue weighted by Gasteiger charge is -2.33. The van der Waals surface area contributed by atoms with Crippen molar-refractivity contribution >= 4 is 34.0 Å². The average molecular weight is 344 g/mol. The first kappa shape index (κ1) is 15.1. The lowest BCUT2D eigenvalue weighted by molar-refractivity contribution is -0.143. The fraction of sp³-hybridized carbons (Fsp3) is 0.375. The number of rotatable bonds is 3. The molecule has 1 fully saturated rings. The van der Waals surface area contributed by atoms with Gasteiger partial charge in [-0.15, -0.1) is 10.2 Å². The summed E-state index contributed by atoms with van der Waals surface area (Å²) >= 11 is 1.34. The van der Waals surface area contributed by atoms with E-state index in [2.05, 4.69) is 20.8 Å². The Kier molecular flexibility index (Phi) is 3.31. The van der Waals surface area contributed by atoms with Gasteiger partial charge in [-0.05, 0) is 44.4 Å². The predicted octanol–water partition coefficient (Wildman–Crippen LogP) is 2.45. The molecule has 7 nitrogen and oxygen atoms in total. The second-order valence-corrected chi connectivity index (χ2v) is 7.27. The zero-order valence-corrected chi connectivity index (χ0v) is 14.1. The van der Waals surface area contributed by atoms with E-state index in [1.807, 2.05) is 13.0 Å². The van der Waals surface area contributed by atoms with Crippen LogP contribution in [0.1, 0.15) is 36.3 Å². The van der Waals surface area contributed by atoms with Gasteiger partial charge in [0.25, 0.3) is 17.4 Å². The van der Waals surface area contributed by atoms with Gasteiger partial charge in [0.2, 0.25) is 5.13 Å². The van der Waals surface area contributed by atoms with Gasteiger partial charge >= 0.3 is 0 Å². The Balaban J connectivity index is 1.55. The summed E-state index contributed by atoms with van der Waals surface area (Å²) in [5, 5.41) is 14.7. The third-order valence-corrected chi connectivity index (χ3v) is 5.15. The van der Waals surface area contributed by atoms with Crippen molar-refractivity contribution in [2.75, 3.05) is 10.6 Å². The van der Waals surface area contributed by atoms with E-state index in [1.165, 1.54) is 18.3 Å². The van der Waals surface area contributed by atoms with Crippen LogP contribution in [0.3, 0.4) is 0 Å². The molecule has 2 heterocycles. The fourth-order valence-corrected chi connectivity index (χ4v) is 3.39. The molecule has 1 aromatic heterocycles. The highest BCUT2D eigenvalue weighted by molar-refractivity contribution is 7.15. The van der Waals surface area contributed by atoms with Gasteiger partial charge in [0, 0.05) is 5.92 Å². The predicted molar refractivity (Wildman–Crippen MR) is 89.4 cm³/mol. The SMILES string of the molecule is Cc1ccc2c(c1)NC(=O)C(C)(C(=O)Nc1nnc(C3CC3)s1)O2. The molecular formula is C16H16N4O3S. The number of carbonyl (C=O) groups excluding carboxylic acids is 2. The van der Waals surface area contributed by atoms with Gasteiger partial charge in [0.1, 0.15) is 10.8 Å². The van der Waals surface area contributed by atoms with Crippen molar-refractivity contribution in [3.63, 3.8) is 0 Å². The monoisotopic (exact) mass is 344 g/mol. The summed E-state index contributed by atoms with van der Waals surface area (Å²) in [6.45, 7) is 3.36. The molecule has 1 aliphatic carbocycles. The van der Waals surface area contributed by atoms with Gasteiger partial charge in [0.15, 0.2) is 0 Å². The molecule has 1 unspecified atom stereocenters. The van der Waals surface area contributed by atoms with Crippen molar-refractivity contribution in [2.24, 2.45) is 0 Å². The Morgan fingerprint density at radius 2 is 2.21 bits per heavy atom. The van der Waals surface area contributed by atoms with Crippen molar-refractivity contribution in [1.82, 2.24) is 10.2 Å². The van der Waals surface area contributed by atoms with Crippen LogP contribution >= 0.6 is 11.3 Å². The molecule has 1 aromatic carbocycles. The van der Waals surface area contributed by atoms with Crippen LogP contribution in [-0.4, -0.2) is 27.6 Å². The number of aromatic nitrogens is 2. The topological polar surface area (TPSA) is 93.2 Å².